The number of benzene rings is 1. The first-order chi connectivity index (χ1) is 20.0. The molecule has 2 heterocycles. The van der Waals surface area contributed by atoms with Gasteiger partial charge in [-0.15, -0.1) is 0 Å². The van der Waals surface area contributed by atoms with Gasteiger partial charge < -0.3 is 14.4 Å². The van der Waals surface area contributed by atoms with Crippen molar-refractivity contribution in [1.82, 2.24) is 9.80 Å². The van der Waals surface area contributed by atoms with Crippen molar-refractivity contribution in [2.45, 2.75) is 134 Å². The third-order valence-corrected chi connectivity index (χ3v) is 11.5. The van der Waals surface area contributed by atoms with Crippen molar-refractivity contribution < 1.29 is 19.1 Å². The molecule has 0 radical (unpaired) electrons. The number of amides is 1. The van der Waals surface area contributed by atoms with Gasteiger partial charge in [-0.3, -0.25) is 14.5 Å². The highest BCUT2D eigenvalue weighted by molar-refractivity contribution is 5.78. The highest BCUT2D eigenvalue weighted by Gasteiger charge is 2.66. The molecule has 5 atom stereocenters. The summed E-state index contributed by atoms with van der Waals surface area (Å²) in [5, 5.41) is 0. The van der Waals surface area contributed by atoms with Crippen LogP contribution in [0.4, 0.5) is 0 Å². The standard InChI is InChI=1S/C35H52N2O4/c1-4-5-20-37(31(39)14-10-9-13-25-11-7-6-8-12-25)28-17-16-27-29-22-26-15-18-30(40-3)33-32(26)35(27,34(28)41-33)19-21-36(29)23-24(2)38/h15,18,25,27-29,34H,4-14,16-17,19-23H2,1-3H3/t27-,28-,29+,34-,35-/m0/s1. The van der Waals surface area contributed by atoms with Crippen molar-refractivity contribution in [3.05, 3.63) is 23.3 Å². The maximum Gasteiger partial charge on any atom is 0.222 e. The van der Waals surface area contributed by atoms with Crippen LogP contribution in [0.1, 0.15) is 115 Å². The first-order valence-electron chi connectivity index (χ1n) is 16.9. The van der Waals surface area contributed by atoms with Crippen LogP contribution in [-0.2, 0) is 21.4 Å². The fourth-order valence-corrected chi connectivity index (χ4v) is 9.68. The van der Waals surface area contributed by atoms with E-state index in [1.54, 1.807) is 14.0 Å². The Morgan fingerprint density at radius 2 is 1.93 bits per heavy atom. The van der Waals surface area contributed by atoms with Crippen LogP contribution >= 0.6 is 0 Å². The SMILES string of the molecule is CCCCN(C(=O)CCCCC1CCCCC1)[C@H]1CC[C@H]2[C@H]3Cc4ccc(OC)c5c4[C@@]2(CCN3CC(C)=O)[C@H]1O5. The van der Waals surface area contributed by atoms with Crippen molar-refractivity contribution in [3.8, 4) is 11.5 Å². The summed E-state index contributed by atoms with van der Waals surface area (Å²) in [4.78, 5) is 30.9. The van der Waals surface area contributed by atoms with Crippen LogP contribution in [0, 0.1) is 11.8 Å². The van der Waals surface area contributed by atoms with Gasteiger partial charge in [-0.25, -0.2) is 0 Å². The van der Waals surface area contributed by atoms with Crippen LogP contribution in [0.25, 0.3) is 0 Å². The van der Waals surface area contributed by atoms with E-state index in [1.807, 2.05) is 0 Å². The van der Waals surface area contributed by atoms with E-state index in [4.69, 9.17) is 9.47 Å². The normalized spacial score (nSPS) is 30.4. The van der Waals surface area contributed by atoms with Crippen LogP contribution < -0.4 is 9.47 Å². The highest BCUT2D eigenvalue weighted by Crippen LogP contribution is 2.64. The van der Waals surface area contributed by atoms with E-state index >= 15 is 0 Å². The predicted molar refractivity (Wildman–Crippen MR) is 162 cm³/mol. The van der Waals surface area contributed by atoms with Crippen LogP contribution in [-0.4, -0.2) is 66.4 Å². The Morgan fingerprint density at radius 3 is 2.68 bits per heavy atom. The molecule has 226 valence electrons. The van der Waals surface area contributed by atoms with Crippen LogP contribution in [0.3, 0.4) is 0 Å². The zero-order valence-corrected chi connectivity index (χ0v) is 25.8. The molecular weight excluding hydrogens is 512 g/mol. The summed E-state index contributed by atoms with van der Waals surface area (Å²) in [5.74, 6) is 3.65. The quantitative estimate of drug-likeness (QED) is 0.273. The van der Waals surface area contributed by atoms with E-state index in [2.05, 4.69) is 28.9 Å². The fourth-order valence-electron chi connectivity index (χ4n) is 9.68. The number of carbonyl (C=O) groups excluding carboxylic acids is 2. The largest absolute Gasteiger partial charge is 0.493 e. The van der Waals surface area contributed by atoms with E-state index in [1.165, 1.54) is 56.1 Å². The number of ether oxygens (including phenoxy) is 2. The third kappa shape index (κ3) is 5.21. The molecule has 1 spiro atoms. The van der Waals surface area contributed by atoms with Gasteiger partial charge >= 0.3 is 0 Å². The summed E-state index contributed by atoms with van der Waals surface area (Å²) in [6.07, 6.45) is 17.2. The second-order valence-electron chi connectivity index (χ2n) is 13.8. The number of hydrogen-bond donors (Lipinski definition) is 0. The molecule has 0 unspecified atom stereocenters. The van der Waals surface area contributed by atoms with Gasteiger partial charge in [0.25, 0.3) is 0 Å². The lowest BCUT2D eigenvalue weighted by Gasteiger charge is -2.60. The predicted octanol–water partition coefficient (Wildman–Crippen LogP) is 6.46. The number of piperidine rings is 1. The second-order valence-corrected chi connectivity index (χ2v) is 13.8. The summed E-state index contributed by atoms with van der Waals surface area (Å²) in [6, 6.07) is 4.74. The Bertz CT molecular complexity index is 1110. The Kier molecular flexibility index (Phi) is 8.68. The van der Waals surface area contributed by atoms with Crippen molar-refractivity contribution in [2.75, 3.05) is 26.7 Å². The molecule has 3 aliphatic carbocycles. The molecule has 6 rings (SSSR count). The molecule has 1 amide bonds. The van der Waals surface area contributed by atoms with Crippen LogP contribution in [0.15, 0.2) is 12.1 Å². The van der Waals surface area contributed by atoms with Gasteiger partial charge in [-0.1, -0.05) is 64.4 Å². The number of ketones is 1. The molecule has 3 fully saturated rings. The Labute approximate surface area is 247 Å². The minimum atomic E-state index is -0.107. The smallest absolute Gasteiger partial charge is 0.222 e. The van der Waals surface area contributed by atoms with Gasteiger partial charge in [0.1, 0.15) is 11.9 Å². The van der Waals surface area contributed by atoms with E-state index in [0.717, 1.165) is 75.5 Å². The number of hydrogen-bond acceptors (Lipinski definition) is 5. The third-order valence-electron chi connectivity index (χ3n) is 11.5. The van der Waals surface area contributed by atoms with Gasteiger partial charge in [0.15, 0.2) is 11.5 Å². The number of Topliss-reactive ketones (excluding diaryl/α,β-unsaturated/α-hetero) is 1. The average Bonchev–Trinajstić information content (AvgIpc) is 3.33. The van der Waals surface area contributed by atoms with E-state index < -0.39 is 0 Å². The number of likely N-dealkylation sites (tertiary alicyclic amines) is 1. The van der Waals surface area contributed by atoms with Crippen LogP contribution in [0.2, 0.25) is 0 Å². The van der Waals surface area contributed by atoms with Crippen LogP contribution in [0.5, 0.6) is 11.5 Å². The Hall–Kier alpha value is -2.08. The molecule has 1 aromatic carbocycles. The number of rotatable bonds is 12. The summed E-state index contributed by atoms with van der Waals surface area (Å²) in [6.45, 7) is 6.20. The minimum Gasteiger partial charge on any atom is -0.493 e. The molecule has 2 aliphatic heterocycles. The summed E-state index contributed by atoms with van der Waals surface area (Å²) >= 11 is 0. The van der Waals surface area contributed by atoms with E-state index in [9.17, 15) is 9.59 Å². The van der Waals surface area contributed by atoms with Gasteiger partial charge in [-0.2, -0.15) is 0 Å². The molecule has 0 N–H and O–H groups in total. The van der Waals surface area contributed by atoms with Crippen molar-refractivity contribution in [1.29, 1.82) is 0 Å². The maximum atomic E-state index is 14.0. The molecular formula is C35H52N2O4. The maximum absolute atomic E-state index is 14.0. The number of methoxy groups -OCH3 is 1. The monoisotopic (exact) mass is 564 g/mol. The zero-order valence-electron chi connectivity index (χ0n) is 25.8. The molecule has 0 aromatic heterocycles. The Balaban J connectivity index is 1.26. The lowest BCUT2D eigenvalue weighted by molar-refractivity contribution is -0.143. The van der Waals surface area contributed by atoms with Crippen molar-refractivity contribution >= 4 is 11.7 Å². The van der Waals surface area contributed by atoms with Crippen molar-refractivity contribution in [3.63, 3.8) is 0 Å². The molecule has 1 aromatic rings. The topological polar surface area (TPSA) is 59.1 Å². The highest BCUT2D eigenvalue weighted by atomic mass is 16.5. The van der Waals surface area contributed by atoms with E-state index in [0.29, 0.717) is 30.8 Å². The molecule has 2 bridgehead atoms. The first kappa shape index (κ1) is 29.0. The number of carbonyl (C=O) groups is 2. The molecule has 6 nitrogen and oxygen atoms in total. The molecule has 1 saturated heterocycles. The summed E-state index contributed by atoms with van der Waals surface area (Å²) < 4.78 is 12.9. The average molecular weight is 565 g/mol. The molecule has 41 heavy (non-hydrogen) atoms. The van der Waals surface area contributed by atoms with Gasteiger partial charge in [0.05, 0.1) is 19.7 Å². The Morgan fingerprint density at radius 1 is 1.10 bits per heavy atom. The minimum absolute atomic E-state index is 0.0448. The van der Waals surface area contributed by atoms with E-state index in [-0.39, 0.29) is 23.3 Å². The lowest BCUT2D eigenvalue weighted by Crippen LogP contribution is -2.69. The zero-order chi connectivity index (χ0) is 28.6. The molecule has 2 saturated carbocycles. The number of unbranched alkanes of at least 4 members (excludes halogenated alkanes) is 2. The number of nitrogens with zero attached hydrogens (tertiary/aromatic N) is 2. The molecule has 5 aliphatic rings. The first-order valence-corrected chi connectivity index (χ1v) is 16.9. The molecule has 6 heteroatoms. The van der Waals surface area contributed by atoms with Gasteiger partial charge in [0, 0.05) is 30.0 Å². The van der Waals surface area contributed by atoms with Gasteiger partial charge in [-0.05, 0) is 75.5 Å². The van der Waals surface area contributed by atoms with Gasteiger partial charge in [0.2, 0.25) is 5.91 Å². The van der Waals surface area contributed by atoms with Crippen molar-refractivity contribution in [2.24, 2.45) is 11.8 Å². The fraction of sp³-hybridized carbons (Fsp3) is 0.771. The summed E-state index contributed by atoms with van der Waals surface area (Å²) in [7, 11) is 1.74. The second kappa shape index (κ2) is 12.3. The lowest BCUT2D eigenvalue weighted by atomic mass is 9.51. The summed E-state index contributed by atoms with van der Waals surface area (Å²) in [5.41, 5.74) is 2.61.